The topological polar surface area (TPSA) is 30.0 Å². The summed E-state index contributed by atoms with van der Waals surface area (Å²) < 4.78 is 37.6. The van der Waals surface area contributed by atoms with E-state index in [0.717, 1.165) is 24.0 Å². The number of halogens is 4. The first-order valence-electron chi connectivity index (χ1n) is 5.31. The van der Waals surface area contributed by atoms with Crippen molar-refractivity contribution in [2.75, 3.05) is 5.75 Å². The van der Waals surface area contributed by atoms with E-state index in [2.05, 4.69) is 4.98 Å². The molecule has 0 aliphatic rings. The molecule has 0 aliphatic carbocycles. The van der Waals surface area contributed by atoms with Gasteiger partial charge in [0.05, 0.1) is 25.6 Å². The molecule has 0 radical (unpaired) electrons. The smallest absolute Gasteiger partial charge is 0.292 e. The zero-order chi connectivity index (χ0) is 14.8. The molecular weight excluding hydrogens is 331 g/mol. The number of Topliss-reactive ketones (excluding diaryl/α,β-unsaturated/α-hetero) is 1. The average molecular weight is 338 g/mol. The van der Waals surface area contributed by atoms with E-state index in [1.807, 2.05) is 0 Å². The van der Waals surface area contributed by atoms with Crippen molar-refractivity contribution >= 4 is 40.5 Å². The van der Waals surface area contributed by atoms with Crippen LogP contribution in [-0.4, -0.2) is 16.5 Å². The number of nitrogens with zero attached hydrogens (tertiary/aromatic N) is 1. The summed E-state index contributed by atoms with van der Waals surface area (Å²) in [5, 5.41) is 0.369. The summed E-state index contributed by atoms with van der Waals surface area (Å²) in [4.78, 5) is 16.0. The maximum Gasteiger partial charge on any atom is 0.417 e. The predicted octanol–water partition coefficient (Wildman–Crippen LogP) is 4.79. The van der Waals surface area contributed by atoms with Crippen LogP contribution < -0.4 is 0 Å². The van der Waals surface area contributed by atoms with E-state index in [4.69, 9.17) is 11.6 Å². The fraction of sp³-hybridized carbons (Fsp3) is 0.167. The Morgan fingerprint density at radius 1 is 1.30 bits per heavy atom. The number of thioether (sulfide) groups is 1. The lowest BCUT2D eigenvalue weighted by Crippen LogP contribution is -2.05. The second-order valence-corrected chi connectivity index (χ2v) is 6.41. The van der Waals surface area contributed by atoms with E-state index in [0.29, 0.717) is 14.2 Å². The highest BCUT2D eigenvalue weighted by atomic mass is 35.5. The summed E-state index contributed by atoms with van der Waals surface area (Å²) in [7, 11) is 0. The monoisotopic (exact) mass is 337 g/mol. The number of hydrogen-bond donors (Lipinski definition) is 0. The van der Waals surface area contributed by atoms with E-state index < -0.39 is 11.7 Å². The van der Waals surface area contributed by atoms with Gasteiger partial charge in [-0.25, -0.2) is 4.98 Å². The lowest BCUT2D eigenvalue weighted by molar-refractivity contribution is -0.137. The Morgan fingerprint density at radius 2 is 2.05 bits per heavy atom. The molecule has 2 nitrogen and oxygen atoms in total. The van der Waals surface area contributed by atoms with Crippen LogP contribution in [0.25, 0.3) is 0 Å². The van der Waals surface area contributed by atoms with Crippen LogP contribution in [0, 0.1) is 0 Å². The molecule has 0 aromatic carbocycles. The highest BCUT2D eigenvalue weighted by Gasteiger charge is 2.30. The van der Waals surface area contributed by atoms with Crippen molar-refractivity contribution in [2.24, 2.45) is 0 Å². The Bertz CT molecular complexity index is 610. The summed E-state index contributed by atoms with van der Waals surface area (Å²) in [6.07, 6.45) is -3.64. The van der Waals surface area contributed by atoms with Gasteiger partial charge >= 0.3 is 6.18 Å². The van der Waals surface area contributed by atoms with Gasteiger partial charge in [-0.3, -0.25) is 4.79 Å². The lowest BCUT2D eigenvalue weighted by atomic mass is 10.3. The van der Waals surface area contributed by atoms with Crippen LogP contribution in [0.2, 0.25) is 4.34 Å². The van der Waals surface area contributed by atoms with Crippen LogP contribution in [0.4, 0.5) is 13.2 Å². The number of pyridine rings is 1. The summed E-state index contributed by atoms with van der Waals surface area (Å²) >= 11 is 7.98. The third-order valence-corrected chi connectivity index (χ3v) is 4.48. The molecule has 2 aromatic heterocycles. The van der Waals surface area contributed by atoms with E-state index in [1.54, 1.807) is 12.1 Å². The predicted molar refractivity (Wildman–Crippen MR) is 73.6 cm³/mol. The largest absolute Gasteiger partial charge is 0.417 e. The van der Waals surface area contributed by atoms with Crippen LogP contribution in [0.1, 0.15) is 15.2 Å². The molecule has 0 saturated carbocycles. The zero-order valence-electron chi connectivity index (χ0n) is 9.78. The van der Waals surface area contributed by atoms with Gasteiger partial charge in [-0.15, -0.1) is 11.3 Å². The molecule has 0 atom stereocenters. The lowest BCUT2D eigenvalue weighted by Gasteiger charge is -2.06. The molecule has 0 bridgehead atoms. The molecule has 2 aromatic rings. The van der Waals surface area contributed by atoms with Crippen molar-refractivity contribution in [3.05, 3.63) is 45.2 Å². The van der Waals surface area contributed by atoms with Gasteiger partial charge in [-0.2, -0.15) is 13.2 Å². The summed E-state index contributed by atoms with van der Waals surface area (Å²) in [5.41, 5.74) is -0.807. The van der Waals surface area contributed by atoms with Crippen molar-refractivity contribution in [3.63, 3.8) is 0 Å². The number of carbonyl (C=O) groups excluding carboxylic acids is 1. The summed E-state index contributed by atoms with van der Waals surface area (Å²) in [6, 6.07) is 5.45. The molecule has 0 N–H and O–H groups in total. The maximum atomic E-state index is 12.3. The minimum absolute atomic E-state index is 0.106. The van der Waals surface area contributed by atoms with Gasteiger partial charge in [-0.05, 0) is 24.3 Å². The first kappa shape index (κ1) is 15.3. The molecular formula is C12H7ClF3NOS2. The SMILES string of the molecule is O=C(CSc1ccc(C(F)(F)F)cn1)c1ccc(Cl)s1. The van der Waals surface area contributed by atoms with Crippen molar-refractivity contribution in [1.82, 2.24) is 4.98 Å². The molecule has 2 heterocycles. The molecule has 106 valence electrons. The van der Waals surface area contributed by atoms with Crippen molar-refractivity contribution in [1.29, 1.82) is 0 Å². The standard InChI is InChI=1S/C12H7ClF3NOS2/c13-10-3-2-9(20-10)8(18)6-19-11-4-1-7(5-17-11)12(14,15)16/h1-5H,6H2. The Labute approximate surface area is 126 Å². The number of ketones is 1. The Kier molecular flexibility index (Phi) is 4.72. The van der Waals surface area contributed by atoms with Crippen molar-refractivity contribution in [2.45, 2.75) is 11.2 Å². The van der Waals surface area contributed by atoms with Crippen LogP contribution in [0.3, 0.4) is 0 Å². The minimum Gasteiger partial charge on any atom is -0.292 e. The quantitative estimate of drug-likeness (QED) is 0.593. The second kappa shape index (κ2) is 6.15. The molecule has 0 spiro atoms. The average Bonchev–Trinajstić information content (AvgIpc) is 2.82. The van der Waals surface area contributed by atoms with Crippen LogP contribution in [0.5, 0.6) is 0 Å². The van der Waals surface area contributed by atoms with Gasteiger partial charge in [0.25, 0.3) is 0 Å². The number of alkyl halides is 3. The fourth-order valence-electron chi connectivity index (χ4n) is 1.31. The van der Waals surface area contributed by atoms with E-state index >= 15 is 0 Å². The number of rotatable bonds is 4. The first-order chi connectivity index (χ1) is 9.36. The van der Waals surface area contributed by atoms with E-state index in [-0.39, 0.29) is 11.5 Å². The van der Waals surface area contributed by atoms with Gasteiger partial charge < -0.3 is 0 Å². The van der Waals surface area contributed by atoms with Crippen LogP contribution in [-0.2, 0) is 6.18 Å². The Hall–Kier alpha value is -1.05. The molecule has 0 aliphatic heterocycles. The number of thiophene rings is 1. The fourth-order valence-corrected chi connectivity index (χ4v) is 3.11. The van der Waals surface area contributed by atoms with Gasteiger partial charge in [0, 0.05) is 6.20 Å². The van der Waals surface area contributed by atoms with Crippen molar-refractivity contribution in [3.8, 4) is 0 Å². The van der Waals surface area contributed by atoms with Crippen LogP contribution in [0.15, 0.2) is 35.5 Å². The molecule has 0 saturated heterocycles. The van der Waals surface area contributed by atoms with Gasteiger partial charge in [0.2, 0.25) is 0 Å². The van der Waals surface area contributed by atoms with Gasteiger partial charge in [0.1, 0.15) is 0 Å². The molecule has 0 amide bonds. The van der Waals surface area contributed by atoms with Gasteiger partial charge in [0.15, 0.2) is 5.78 Å². The summed E-state index contributed by atoms with van der Waals surface area (Å²) in [5.74, 6) is -0.0246. The number of carbonyl (C=O) groups is 1. The minimum atomic E-state index is -4.40. The Morgan fingerprint density at radius 3 is 2.55 bits per heavy atom. The van der Waals surface area contributed by atoms with Crippen molar-refractivity contribution < 1.29 is 18.0 Å². The molecule has 0 unspecified atom stereocenters. The number of aromatic nitrogens is 1. The number of hydrogen-bond acceptors (Lipinski definition) is 4. The first-order valence-corrected chi connectivity index (χ1v) is 7.49. The maximum absolute atomic E-state index is 12.3. The summed E-state index contributed by atoms with van der Waals surface area (Å²) in [6.45, 7) is 0. The van der Waals surface area contributed by atoms with Gasteiger partial charge in [-0.1, -0.05) is 23.4 Å². The zero-order valence-corrected chi connectivity index (χ0v) is 12.2. The third kappa shape index (κ3) is 3.97. The molecule has 2 rings (SSSR count). The van der Waals surface area contributed by atoms with Crippen LogP contribution >= 0.6 is 34.7 Å². The normalized spacial score (nSPS) is 11.6. The van der Waals surface area contributed by atoms with E-state index in [1.165, 1.54) is 17.4 Å². The molecule has 0 fully saturated rings. The highest BCUT2D eigenvalue weighted by Crippen LogP contribution is 2.30. The molecule has 20 heavy (non-hydrogen) atoms. The highest BCUT2D eigenvalue weighted by molar-refractivity contribution is 8.00. The Balaban J connectivity index is 1.96. The van der Waals surface area contributed by atoms with E-state index in [9.17, 15) is 18.0 Å². The second-order valence-electron chi connectivity index (χ2n) is 3.70. The molecule has 8 heteroatoms. The third-order valence-electron chi connectivity index (χ3n) is 2.26.